The van der Waals surface area contributed by atoms with E-state index in [1.165, 1.54) is 12.1 Å². The summed E-state index contributed by atoms with van der Waals surface area (Å²) in [4.78, 5) is 10.8. The molecule has 0 heterocycles. The first-order chi connectivity index (χ1) is 8.77. The molecule has 9 heteroatoms. The summed E-state index contributed by atoms with van der Waals surface area (Å²) < 4.78 is 27.1. The van der Waals surface area contributed by atoms with Crippen molar-refractivity contribution in [3.05, 3.63) is 27.1 Å². The van der Waals surface area contributed by atoms with Gasteiger partial charge in [0, 0.05) is 15.6 Å². The van der Waals surface area contributed by atoms with Crippen LogP contribution in [0.5, 0.6) is 0 Å². The van der Waals surface area contributed by atoms with Crippen LogP contribution in [0.4, 0.5) is 0 Å². The number of rotatable bonds is 6. The number of sulfonamides is 1. The van der Waals surface area contributed by atoms with Crippen LogP contribution in [0, 0.1) is 0 Å². The monoisotopic (exact) mass is 415 g/mol. The van der Waals surface area contributed by atoms with Crippen molar-refractivity contribution in [2.45, 2.75) is 17.4 Å². The van der Waals surface area contributed by atoms with E-state index in [2.05, 4.69) is 31.9 Å². The molecule has 0 spiro atoms. The molecule has 0 saturated heterocycles. The third-order valence-corrected chi connectivity index (χ3v) is 5.15. The fourth-order valence-corrected chi connectivity index (χ4v) is 4.02. The summed E-state index contributed by atoms with van der Waals surface area (Å²) in [5, 5.41) is 17.6. The van der Waals surface area contributed by atoms with Gasteiger partial charge < -0.3 is 10.2 Å². The Hall–Kier alpha value is -0.480. The zero-order valence-electron chi connectivity index (χ0n) is 9.51. The van der Waals surface area contributed by atoms with E-state index in [-0.39, 0.29) is 11.3 Å². The van der Waals surface area contributed by atoms with E-state index in [4.69, 9.17) is 10.2 Å². The van der Waals surface area contributed by atoms with Gasteiger partial charge in [-0.05, 0) is 40.5 Å². The number of hydrogen-bond acceptors (Lipinski definition) is 4. The van der Waals surface area contributed by atoms with Crippen LogP contribution in [-0.2, 0) is 14.8 Å². The van der Waals surface area contributed by atoms with Gasteiger partial charge in [0.25, 0.3) is 0 Å². The lowest BCUT2D eigenvalue weighted by Gasteiger charge is -2.14. The number of aliphatic hydroxyl groups is 1. The van der Waals surface area contributed by atoms with Gasteiger partial charge in [-0.3, -0.25) is 4.79 Å². The lowest BCUT2D eigenvalue weighted by Crippen LogP contribution is -2.41. The van der Waals surface area contributed by atoms with Gasteiger partial charge >= 0.3 is 5.97 Å². The number of aliphatic hydroxyl groups excluding tert-OH is 1. The van der Waals surface area contributed by atoms with E-state index >= 15 is 0 Å². The summed E-state index contributed by atoms with van der Waals surface area (Å²) in [6, 6.07) is 3.15. The minimum Gasteiger partial charge on any atom is -0.480 e. The van der Waals surface area contributed by atoms with Crippen molar-refractivity contribution in [2.75, 3.05) is 6.61 Å². The Morgan fingerprint density at radius 2 is 2.00 bits per heavy atom. The average Bonchev–Trinajstić information content (AvgIpc) is 2.31. The predicted octanol–water partition coefficient (Wildman–Crippen LogP) is 1.33. The second kappa shape index (κ2) is 6.80. The molecule has 0 radical (unpaired) electrons. The van der Waals surface area contributed by atoms with Crippen LogP contribution >= 0.6 is 31.9 Å². The molecule has 0 unspecified atom stereocenters. The van der Waals surface area contributed by atoms with Gasteiger partial charge in [0.1, 0.15) is 6.04 Å². The zero-order chi connectivity index (χ0) is 14.6. The smallest absolute Gasteiger partial charge is 0.321 e. The molecule has 3 N–H and O–H groups in total. The Kier molecular flexibility index (Phi) is 5.93. The Balaban J connectivity index is 3.10. The molecule has 0 aliphatic rings. The predicted molar refractivity (Wildman–Crippen MR) is 75.3 cm³/mol. The number of hydrogen-bond donors (Lipinski definition) is 3. The van der Waals surface area contributed by atoms with Gasteiger partial charge in [0.05, 0.1) is 4.90 Å². The number of carbonyl (C=O) groups is 1. The molecule has 6 nitrogen and oxygen atoms in total. The van der Waals surface area contributed by atoms with Crippen molar-refractivity contribution in [3.63, 3.8) is 0 Å². The Labute approximate surface area is 127 Å². The van der Waals surface area contributed by atoms with Crippen LogP contribution in [0.15, 0.2) is 32.0 Å². The van der Waals surface area contributed by atoms with Crippen LogP contribution < -0.4 is 4.72 Å². The van der Waals surface area contributed by atoms with Crippen molar-refractivity contribution in [3.8, 4) is 0 Å². The fraction of sp³-hybridized carbons (Fsp3) is 0.300. The van der Waals surface area contributed by atoms with Gasteiger partial charge in [0.2, 0.25) is 10.0 Å². The van der Waals surface area contributed by atoms with E-state index in [0.717, 1.165) is 0 Å². The maximum atomic E-state index is 12.1. The summed E-state index contributed by atoms with van der Waals surface area (Å²) >= 11 is 6.24. The van der Waals surface area contributed by atoms with E-state index in [1.807, 2.05) is 4.72 Å². The molecule has 0 saturated carbocycles. The van der Waals surface area contributed by atoms with Crippen molar-refractivity contribution in [1.29, 1.82) is 0 Å². The van der Waals surface area contributed by atoms with Gasteiger partial charge in [-0.1, -0.05) is 15.9 Å². The lowest BCUT2D eigenvalue weighted by atomic mass is 10.2. The highest BCUT2D eigenvalue weighted by molar-refractivity contribution is 9.11. The molecule has 1 rings (SSSR count). The van der Waals surface area contributed by atoms with Crippen LogP contribution in [0.3, 0.4) is 0 Å². The fourth-order valence-electron chi connectivity index (χ4n) is 1.30. The number of carboxylic acids is 1. The van der Waals surface area contributed by atoms with Gasteiger partial charge in [-0.15, -0.1) is 0 Å². The first-order valence-corrected chi connectivity index (χ1v) is 8.16. The summed E-state index contributed by atoms with van der Waals surface area (Å²) in [6.45, 7) is -0.431. The van der Waals surface area contributed by atoms with Crippen LogP contribution in [0.2, 0.25) is 0 Å². The molecule has 0 aliphatic heterocycles. The van der Waals surface area contributed by atoms with Crippen molar-refractivity contribution < 1.29 is 23.4 Å². The third-order valence-electron chi connectivity index (χ3n) is 2.20. The highest BCUT2D eigenvalue weighted by Gasteiger charge is 2.26. The normalized spacial score (nSPS) is 13.2. The Morgan fingerprint density at radius 1 is 1.37 bits per heavy atom. The second-order valence-electron chi connectivity index (χ2n) is 3.60. The number of benzene rings is 1. The number of aliphatic carboxylic acids is 1. The number of nitrogens with one attached hydrogen (secondary N) is 1. The molecular weight excluding hydrogens is 406 g/mol. The SMILES string of the molecule is O=C(O)[C@H](CCO)NS(=O)(=O)c1cc(Br)ccc1Br. The molecule has 1 atom stereocenters. The highest BCUT2D eigenvalue weighted by Crippen LogP contribution is 2.25. The zero-order valence-corrected chi connectivity index (χ0v) is 13.5. The second-order valence-corrected chi connectivity index (χ2v) is 7.05. The number of halogens is 2. The molecule has 0 aliphatic carbocycles. The number of carboxylic acid groups (broad SMARTS) is 1. The van der Waals surface area contributed by atoms with Gasteiger partial charge in [0.15, 0.2) is 0 Å². The molecule has 19 heavy (non-hydrogen) atoms. The Bertz CT molecular complexity index is 575. The molecular formula is C10H11Br2NO5S. The third kappa shape index (κ3) is 4.53. The first kappa shape index (κ1) is 16.6. The molecule has 0 aromatic heterocycles. The summed E-state index contributed by atoms with van der Waals surface area (Å²) in [5.74, 6) is -1.34. The van der Waals surface area contributed by atoms with Crippen molar-refractivity contribution in [2.24, 2.45) is 0 Å². The first-order valence-electron chi connectivity index (χ1n) is 5.09. The Morgan fingerprint density at radius 3 is 2.53 bits per heavy atom. The quantitative estimate of drug-likeness (QED) is 0.648. The average molecular weight is 417 g/mol. The minimum atomic E-state index is -4.00. The van der Waals surface area contributed by atoms with Gasteiger partial charge in [-0.25, -0.2) is 8.42 Å². The van der Waals surface area contributed by atoms with Crippen LogP contribution in [0.1, 0.15) is 6.42 Å². The van der Waals surface area contributed by atoms with Crippen LogP contribution in [-0.4, -0.2) is 37.2 Å². The van der Waals surface area contributed by atoms with E-state index < -0.39 is 28.6 Å². The molecule has 0 fully saturated rings. The van der Waals surface area contributed by atoms with E-state index in [0.29, 0.717) is 8.95 Å². The molecule has 1 aromatic rings. The van der Waals surface area contributed by atoms with Gasteiger partial charge in [-0.2, -0.15) is 4.72 Å². The maximum absolute atomic E-state index is 12.1. The van der Waals surface area contributed by atoms with Crippen molar-refractivity contribution >= 4 is 47.9 Å². The standard InChI is InChI=1S/C10H11Br2NO5S/c11-6-1-2-7(12)9(5-6)19(17,18)13-8(3-4-14)10(15)16/h1-2,5,8,13-14H,3-4H2,(H,15,16)/t8-/m0/s1. The lowest BCUT2D eigenvalue weighted by molar-refractivity contribution is -0.139. The molecule has 0 bridgehead atoms. The topological polar surface area (TPSA) is 104 Å². The van der Waals surface area contributed by atoms with E-state index in [9.17, 15) is 13.2 Å². The van der Waals surface area contributed by atoms with E-state index in [1.54, 1.807) is 6.07 Å². The summed E-state index contributed by atoms with van der Waals surface area (Å²) in [6.07, 6.45) is -0.208. The van der Waals surface area contributed by atoms with Crippen molar-refractivity contribution in [1.82, 2.24) is 4.72 Å². The highest BCUT2D eigenvalue weighted by atomic mass is 79.9. The molecule has 0 amide bonds. The molecule has 106 valence electrons. The molecule has 1 aromatic carbocycles. The largest absolute Gasteiger partial charge is 0.480 e. The maximum Gasteiger partial charge on any atom is 0.321 e. The van der Waals surface area contributed by atoms with Crippen LogP contribution in [0.25, 0.3) is 0 Å². The minimum absolute atomic E-state index is 0.0777. The summed E-state index contributed by atoms with van der Waals surface area (Å²) in [5.41, 5.74) is 0. The summed E-state index contributed by atoms with van der Waals surface area (Å²) in [7, 11) is -4.00.